The van der Waals surface area contributed by atoms with Crippen molar-refractivity contribution in [2.24, 2.45) is 0 Å². The van der Waals surface area contributed by atoms with Crippen molar-refractivity contribution in [2.75, 3.05) is 29.2 Å². The Labute approximate surface area is 153 Å². The average Bonchev–Trinajstić information content (AvgIpc) is 2.73. The standard InChI is InChI=1S/C20H21N5O/c1-5-9-14(10-6-2)22-20-21-13-17-18(23-20)24(3)16-12-8-7-11-15(16)19(26)25(17)4/h5-13H,1H2,2-4H3,(H,21,22,23)/b10-6-,14-9+. The molecule has 0 aliphatic carbocycles. The fraction of sp³-hybridized carbons (Fsp3) is 0.150. The van der Waals surface area contributed by atoms with Crippen LogP contribution in [0.25, 0.3) is 0 Å². The van der Waals surface area contributed by atoms with E-state index in [-0.39, 0.29) is 5.91 Å². The molecule has 3 rings (SSSR count). The molecule has 1 aromatic carbocycles. The molecule has 2 heterocycles. The van der Waals surface area contributed by atoms with Crippen molar-refractivity contribution in [3.05, 3.63) is 72.6 Å². The Bertz CT molecular complexity index is 916. The van der Waals surface area contributed by atoms with E-state index < -0.39 is 0 Å². The van der Waals surface area contributed by atoms with Gasteiger partial charge in [-0.25, -0.2) is 4.98 Å². The number of rotatable bonds is 4. The summed E-state index contributed by atoms with van der Waals surface area (Å²) in [6.45, 7) is 5.65. The number of carbonyl (C=O) groups excluding carboxylic acids is 1. The van der Waals surface area contributed by atoms with Crippen molar-refractivity contribution in [3.63, 3.8) is 0 Å². The van der Waals surface area contributed by atoms with Gasteiger partial charge in [0.1, 0.15) is 5.69 Å². The molecule has 1 N–H and O–H groups in total. The van der Waals surface area contributed by atoms with Crippen LogP contribution in [0.15, 0.2) is 67.0 Å². The lowest BCUT2D eigenvalue weighted by Gasteiger charge is -2.21. The van der Waals surface area contributed by atoms with Crippen LogP contribution in [0.2, 0.25) is 0 Å². The maximum Gasteiger partial charge on any atom is 0.260 e. The van der Waals surface area contributed by atoms with Gasteiger partial charge in [-0.15, -0.1) is 0 Å². The SMILES string of the molecule is C=C/C=C(\C=C/C)Nc1ncc2c(n1)N(C)c1ccccc1C(=O)N2C. The number of benzene rings is 1. The number of hydrogen-bond acceptors (Lipinski definition) is 5. The number of aromatic nitrogens is 2. The first-order chi connectivity index (χ1) is 12.6. The molecule has 0 fully saturated rings. The third kappa shape index (κ3) is 3.09. The number of anilines is 4. The third-order valence-electron chi connectivity index (χ3n) is 4.13. The zero-order chi connectivity index (χ0) is 18.7. The van der Waals surface area contributed by atoms with Gasteiger partial charge in [-0.3, -0.25) is 4.79 Å². The first-order valence-electron chi connectivity index (χ1n) is 8.27. The molecule has 0 atom stereocenters. The summed E-state index contributed by atoms with van der Waals surface area (Å²) in [4.78, 5) is 25.3. The van der Waals surface area contributed by atoms with Gasteiger partial charge in [0.05, 0.1) is 17.4 Å². The molecule has 0 spiro atoms. The fourth-order valence-electron chi connectivity index (χ4n) is 2.84. The molecular weight excluding hydrogens is 326 g/mol. The van der Waals surface area contributed by atoms with Crippen molar-refractivity contribution in [1.82, 2.24) is 9.97 Å². The Morgan fingerprint density at radius 2 is 1.96 bits per heavy atom. The van der Waals surface area contributed by atoms with Gasteiger partial charge in [0.2, 0.25) is 5.95 Å². The molecule has 0 radical (unpaired) electrons. The second kappa shape index (κ2) is 7.23. The molecule has 1 amide bonds. The molecule has 0 saturated heterocycles. The van der Waals surface area contributed by atoms with E-state index in [1.54, 1.807) is 24.2 Å². The maximum absolute atomic E-state index is 12.8. The molecule has 26 heavy (non-hydrogen) atoms. The van der Waals surface area contributed by atoms with E-state index in [0.717, 1.165) is 11.4 Å². The van der Waals surface area contributed by atoms with Crippen molar-refractivity contribution in [2.45, 2.75) is 6.92 Å². The van der Waals surface area contributed by atoms with Gasteiger partial charge in [0, 0.05) is 19.8 Å². The van der Waals surface area contributed by atoms with Gasteiger partial charge in [-0.05, 0) is 31.2 Å². The molecule has 1 aliphatic rings. The van der Waals surface area contributed by atoms with E-state index in [1.807, 2.05) is 61.4 Å². The van der Waals surface area contributed by atoms with Crippen molar-refractivity contribution in [1.29, 1.82) is 0 Å². The third-order valence-corrected chi connectivity index (χ3v) is 4.13. The number of para-hydroxylation sites is 1. The van der Waals surface area contributed by atoms with E-state index in [9.17, 15) is 4.79 Å². The molecule has 1 aliphatic heterocycles. The zero-order valence-electron chi connectivity index (χ0n) is 15.1. The first kappa shape index (κ1) is 17.4. The quantitative estimate of drug-likeness (QED) is 0.850. The largest absolute Gasteiger partial charge is 0.327 e. The van der Waals surface area contributed by atoms with Crippen LogP contribution in [0.1, 0.15) is 17.3 Å². The smallest absolute Gasteiger partial charge is 0.260 e. The minimum absolute atomic E-state index is 0.0864. The average molecular weight is 347 g/mol. The van der Waals surface area contributed by atoms with Gasteiger partial charge in [0.25, 0.3) is 5.91 Å². The van der Waals surface area contributed by atoms with E-state index in [1.165, 1.54) is 0 Å². The number of fused-ring (bicyclic) bond motifs is 2. The lowest BCUT2D eigenvalue weighted by atomic mass is 10.1. The van der Waals surface area contributed by atoms with Gasteiger partial charge >= 0.3 is 0 Å². The maximum atomic E-state index is 12.8. The summed E-state index contributed by atoms with van der Waals surface area (Å²) >= 11 is 0. The second-order valence-corrected chi connectivity index (χ2v) is 5.83. The summed E-state index contributed by atoms with van der Waals surface area (Å²) in [5, 5.41) is 3.17. The molecule has 0 bridgehead atoms. The molecule has 132 valence electrons. The van der Waals surface area contributed by atoms with Crippen LogP contribution in [0.3, 0.4) is 0 Å². The number of amides is 1. The Balaban J connectivity index is 2.08. The van der Waals surface area contributed by atoms with Crippen LogP contribution in [0, 0.1) is 0 Å². The normalized spacial score (nSPS) is 14.1. The van der Waals surface area contributed by atoms with Gasteiger partial charge in [-0.1, -0.05) is 30.9 Å². The predicted molar refractivity (Wildman–Crippen MR) is 106 cm³/mol. The van der Waals surface area contributed by atoms with Crippen LogP contribution in [0.4, 0.5) is 23.1 Å². The summed E-state index contributed by atoms with van der Waals surface area (Å²) in [6.07, 6.45) is 9.02. The lowest BCUT2D eigenvalue weighted by Crippen LogP contribution is -2.25. The highest BCUT2D eigenvalue weighted by Gasteiger charge is 2.28. The number of nitrogens with one attached hydrogen (secondary N) is 1. The first-order valence-corrected chi connectivity index (χ1v) is 8.27. The predicted octanol–water partition coefficient (Wildman–Crippen LogP) is 3.89. The topological polar surface area (TPSA) is 61.4 Å². The highest BCUT2D eigenvalue weighted by Crippen LogP contribution is 2.37. The van der Waals surface area contributed by atoms with Crippen LogP contribution in [-0.4, -0.2) is 30.0 Å². The van der Waals surface area contributed by atoms with Crippen LogP contribution < -0.4 is 15.1 Å². The molecule has 6 nitrogen and oxygen atoms in total. The molecule has 2 aromatic rings. The van der Waals surface area contributed by atoms with Crippen molar-refractivity contribution in [3.8, 4) is 0 Å². The highest BCUT2D eigenvalue weighted by atomic mass is 16.2. The number of allylic oxidation sites excluding steroid dienone is 4. The highest BCUT2D eigenvalue weighted by molar-refractivity contribution is 6.13. The molecule has 0 saturated carbocycles. The lowest BCUT2D eigenvalue weighted by molar-refractivity contribution is 0.0994. The van der Waals surface area contributed by atoms with Crippen LogP contribution >= 0.6 is 0 Å². The van der Waals surface area contributed by atoms with Crippen molar-refractivity contribution < 1.29 is 4.79 Å². The summed E-state index contributed by atoms with van der Waals surface area (Å²) in [5.74, 6) is 1.01. The van der Waals surface area contributed by atoms with Crippen LogP contribution in [0.5, 0.6) is 0 Å². The summed E-state index contributed by atoms with van der Waals surface area (Å²) in [5.41, 5.74) is 2.91. The van der Waals surface area contributed by atoms with E-state index in [2.05, 4.69) is 21.9 Å². The number of hydrogen-bond donors (Lipinski definition) is 1. The Hall–Kier alpha value is -3.41. The van der Waals surface area contributed by atoms with Gasteiger partial charge in [0.15, 0.2) is 5.82 Å². The van der Waals surface area contributed by atoms with Gasteiger partial charge < -0.3 is 15.1 Å². The second-order valence-electron chi connectivity index (χ2n) is 5.83. The Morgan fingerprint density at radius 1 is 1.19 bits per heavy atom. The monoisotopic (exact) mass is 347 g/mol. The summed E-state index contributed by atoms with van der Waals surface area (Å²) < 4.78 is 0. The van der Waals surface area contributed by atoms with E-state index in [0.29, 0.717) is 23.0 Å². The number of carbonyl (C=O) groups is 1. The minimum atomic E-state index is -0.0864. The fourth-order valence-corrected chi connectivity index (χ4v) is 2.84. The molecule has 0 unspecified atom stereocenters. The summed E-state index contributed by atoms with van der Waals surface area (Å²) in [6, 6.07) is 7.50. The minimum Gasteiger partial charge on any atom is -0.327 e. The van der Waals surface area contributed by atoms with Crippen LogP contribution in [-0.2, 0) is 0 Å². The van der Waals surface area contributed by atoms with Crippen molar-refractivity contribution >= 4 is 29.0 Å². The molecular formula is C20H21N5O. The molecule has 6 heteroatoms. The molecule has 1 aromatic heterocycles. The number of nitrogens with zero attached hydrogens (tertiary/aromatic N) is 4. The Morgan fingerprint density at radius 3 is 2.69 bits per heavy atom. The Kier molecular flexibility index (Phi) is 4.84. The van der Waals surface area contributed by atoms with Gasteiger partial charge in [-0.2, -0.15) is 4.98 Å². The zero-order valence-corrected chi connectivity index (χ0v) is 15.1. The van der Waals surface area contributed by atoms with E-state index >= 15 is 0 Å². The summed E-state index contributed by atoms with van der Waals surface area (Å²) in [7, 11) is 3.63. The van der Waals surface area contributed by atoms with E-state index in [4.69, 9.17) is 0 Å².